The van der Waals surface area contributed by atoms with E-state index in [9.17, 15) is 14.4 Å². The van der Waals surface area contributed by atoms with Gasteiger partial charge in [-0.3, -0.25) is 14.9 Å². The van der Waals surface area contributed by atoms with E-state index in [1.807, 2.05) is 0 Å². The summed E-state index contributed by atoms with van der Waals surface area (Å²) in [5.74, 6) is 0.440. The Morgan fingerprint density at radius 1 is 1.15 bits per heavy atom. The molecule has 0 heterocycles. The minimum atomic E-state index is -0.552. The minimum Gasteiger partial charge on any atom is -0.493 e. The summed E-state index contributed by atoms with van der Waals surface area (Å²) in [5.41, 5.74) is 0.486. The van der Waals surface area contributed by atoms with E-state index in [4.69, 9.17) is 9.47 Å². The van der Waals surface area contributed by atoms with Crippen molar-refractivity contribution in [1.82, 2.24) is 10.6 Å². The van der Waals surface area contributed by atoms with E-state index in [1.165, 1.54) is 20.5 Å². The molecule has 1 aliphatic carbocycles. The molecule has 0 aromatic heterocycles. The third kappa shape index (κ3) is 5.47. The van der Waals surface area contributed by atoms with Crippen molar-refractivity contribution < 1.29 is 23.9 Å². The van der Waals surface area contributed by atoms with Crippen LogP contribution in [0.15, 0.2) is 18.2 Å². The van der Waals surface area contributed by atoms with Gasteiger partial charge in [-0.05, 0) is 43.9 Å². The highest BCUT2D eigenvalue weighted by Gasteiger charge is 2.23. The Morgan fingerprint density at radius 3 is 2.54 bits per heavy atom. The molecule has 0 spiro atoms. The van der Waals surface area contributed by atoms with Crippen LogP contribution in [0.1, 0.15) is 49.9 Å². The lowest BCUT2D eigenvalue weighted by Gasteiger charge is -2.29. The molecule has 0 saturated heterocycles. The molecule has 7 nitrogen and oxygen atoms in total. The number of benzene rings is 1. The van der Waals surface area contributed by atoms with Crippen molar-refractivity contribution >= 4 is 17.7 Å². The van der Waals surface area contributed by atoms with Crippen molar-refractivity contribution in [3.63, 3.8) is 0 Å². The van der Waals surface area contributed by atoms with Gasteiger partial charge < -0.3 is 14.8 Å². The first kappa shape index (κ1) is 19.8. The van der Waals surface area contributed by atoms with E-state index >= 15 is 0 Å². The number of hydrogen-bond donors (Lipinski definition) is 2. The highest BCUT2D eigenvalue weighted by atomic mass is 16.5. The first-order valence-corrected chi connectivity index (χ1v) is 8.82. The molecule has 0 unspecified atom stereocenters. The van der Waals surface area contributed by atoms with Crippen LogP contribution in [-0.2, 0) is 4.79 Å². The van der Waals surface area contributed by atoms with Gasteiger partial charge >= 0.3 is 6.03 Å². The predicted molar refractivity (Wildman–Crippen MR) is 96.6 cm³/mol. The van der Waals surface area contributed by atoms with Gasteiger partial charge in [0.1, 0.15) is 0 Å². The number of nitrogens with one attached hydrogen (secondary N) is 2. The predicted octanol–water partition coefficient (Wildman–Crippen LogP) is 2.68. The zero-order valence-electron chi connectivity index (χ0n) is 15.5. The van der Waals surface area contributed by atoms with Crippen molar-refractivity contribution in [2.45, 2.75) is 45.6 Å². The molecule has 2 atom stereocenters. The molecule has 1 fully saturated rings. The second-order valence-electron chi connectivity index (χ2n) is 6.60. The molecule has 7 heteroatoms. The van der Waals surface area contributed by atoms with Gasteiger partial charge in [0.15, 0.2) is 23.9 Å². The number of rotatable bonds is 6. The number of amides is 3. The molecule has 2 rings (SSSR count). The van der Waals surface area contributed by atoms with Gasteiger partial charge in [-0.15, -0.1) is 0 Å². The van der Waals surface area contributed by atoms with Gasteiger partial charge in [0.2, 0.25) is 0 Å². The minimum absolute atomic E-state index is 0.0942. The number of ketones is 1. The zero-order chi connectivity index (χ0) is 19.1. The second-order valence-corrected chi connectivity index (χ2v) is 6.60. The van der Waals surface area contributed by atoms with E-state index in [2.05, 4.69) is 17.6 Å². The number of ether oxygens (including phenoxy) is 2. The molecular formula is C19H26N2O5. The monoisotopic (exact) mass is 362 g/mol. The lowest BCUT2D eigenvalue weighted by atomic mass is 9.86. The zero-order valence-corrected chi connectivity index (χ0v) is 15.5. The average Bonchev–Trinajstić information content (AvgIpc) is 2.61. The van der Waals surface area contributed by atoms with Crippen LogP contribution in [0.2, 0.25) is 0 Å². The molecule has 142 valence electrons. The maximum Gasteiger partial charge on any atom is 0.321 e. The Bertz CT molecular complexity index is 674. The maximum atomic E-state index is 12.0. The number of imide groups is 1. The SMILES string of the molecule is COc1cc(C(C)=O)ccc1OCC(=O)NC(=O)N[C@H]1CCCC[C@H]1C. The Hall–Kier alpha value is -2.57. The van der Waals surface area contributed by atoms with Gasteiger partial charge in [0.05, 0.1) is 7.11 Å². The van der Waals surface area contributed by atoms with Crippen LogP contribution < -0.4 is 20.1 Å². The molecule has 0 radical (unpaired) electrons. The van der Waals surface area contributed by atoms with E-state index in [-0.39, 0.29) is 18.4 Å². The number of urea groups is 1. The van der Waals surface area contributed by atoms with Crippen molar-refractivity contribution in [2.75, 3.05) is 13.7 Å². The van der Waals surface area contributed by atoms with Crippen LogP contribution in [0.25, 0.3) is 0 Å². The van der Waals surface area contributed by atoms with Gasteiger partial charge in [-0.2, -0.15) is 0 Å². The molecule has 2 N–H and O–H groups in total. The van der Waals surface area contributed by atoms with Gasteiger partial charge in [-0.25, -0.2) is 4.79 Å². The highest BCUT2D eigenvalue weighted by molar-refractivity contribution is 5.95. The topological polar surface area (TPSA) is 93.7 Å². The molecule has 0 bridgehead atoms. The lowest BCUT2D eigenvalue weighted by molar-refractivity contribution is -0.122. The van der Waals surface area contributed by atoms with Crippen LogP contribution in [0.3, 0.4) is 0 Å². The number of carbonyl (C=O) groups is 3. The Kier molecular flexibility index (Phi) is 7.00. The molecule has 1 aromatic rings. The van der Waals surface area contributed by atoms with Crippen LogP contribution in [0, 0.1) is 5.92 Å². The quantitative estimate of drug-likeness (QED) is 0.759. The third-order valence-electron chi connectivity index (χ3n) is 4.61. The van der Waals surface area contributed by atoms with E-state index < -0.39 is 11.9 Å². The Balaban J connectivity index is 1.84. The maximum absolute atomic E-state index is 12.0. The van der Waals surface area contributed by atoms with Crippen molar-refractivity contribution in [2.24, 2.45) is 5.92 Å². The Labute approximate surface area is 153 Å². The number of carbonyl (C=O) groups excluding carboxylic acids is 3. The summed E-state index contributed by atoms with van der Waals surface area (Å²) in [4.78, 5) is 35.3. The summed E-state index contributed by atoms with van der Waals surface area (Å²) in [6.45, 7) is 3.23. The summed E-state index contributed by atoms with van der Waals surface area (Å²) < 4.78 is 10.6. The molecule has 1 aliphatic rings. The smallest absolute Gasteiger partial charge is 0.321 e. The molecule has 0 aliphatic heterocycles. The standard InChI is InChI=1S/C19H26N2O5/c1-12-6-4-5-7-15(12)20-19(24)21-18(23)11-26-16-9-8-14(13(2)22)10-17(16)25-3/h8-10,12,15H,4-7,11H2,1-3H3,(H2,20,21,23,24)/t12-,15+/m1/s1. The normalized spacial score (nSPS) is 19.3. The summed E-state index contributed by atoms with van der Waals surface area (Å²) in [7, 11) is 1.45. The van der Waals surface area contributed by atoms with Gasteiger partial charge in [0.25, 0.3) is 5.91 Å². The second kappa shape index (κ2) is 9.22. The number of Topliss-reactive ketones (excluding diaryl/α,β-unsaturated/α-hetero) is 1. The summed E-state index contributed by atoms with van der Waals surface area (Å²) in [5, 5.41) is 5.13. The summed E-state index contributed by atoms with van der Waals surface area (Å²) >= 11 is 0. The number of hydrogen-bond acceptors (Lipinski definition) is 5. The lowest BCUT2D eigenvalue weighted by Crippen LogP contribution is -2.48. The van der Waals surface area contributed by atoms with Crippen LogP contribution in [0.5, 0.6) is 11.5 Å². The molecule has 26 heavy (non-hydrogen) atoms. The molecule has 3 amide bonds. The molecule has 1 saturated carbocycles. The average molecular weight is 362 g/mol. The largest absolute Gasteiger partial charge is 0.493 e. The van der Waals surface area contributed by atoms with E-state index in [1.54, 1.807) is 18.2 Å². The Morgan fingerprint density at radius 2 is 1.88 bits per heavy atom. The molecule has 1 aromatic carbocycles. The fraction of sp³-hybridized carbons (Fsp3) is 0.526. The van der Waals surface area contributed by atoms with Crippen molar-refractivity contribution in [3.8, 4) is 11.5 Å². The van der Waals surface area contributed by atoms with Crippen molar-refractivity contribution in [1.29, 1.82) is 0 Å². The fourth-order valence-electron chi connectivity index (χ4n) is 3.05. The van der Waals surface area contributed by atoms with E-state index in [0.717, 1.165) is 19.3 Å². The van der Waals surface area contributed by atoms with Crippen LogP contribution >= 0.6 is 0 Å². The first-order chi connectivity index (χ1) is 12.4. The first-order valence-electron chi connectivity index (χ1n) is 8.82. The van der Waals surface area contributed by atoms with Crippen LogP contribution in [0.4, 0.5) is 4.79 Å². The third-order valence-corrected chi connectivity index (χ3v) is 4.61. The van der Waals surface area contributed by atoms with Crippen molar-refractivity contribution in [3.05, 3.63) is 23.8 Å². The van der Waals surface area contributed by atoms with Gasteiger partial charge in [-0.1, -0.05) is 19.8 Å². The molecular weight excluding hydrogens is 336 g/mol. The highest BCUT2D eigenvalue weighted by Crippen LogP contribution is 2.28. The van der Waals surface area contributed by atoms with Crippen LogP contribution in [-0.4, -0.2) is 37.5 Å². The fourth-order valence-corrected chi connectivity index (χ4v) is 3.05. The van der Waals surface area contributed by atoms with E-state index in [0.29, 0.717) is 23.0 Å². The summed E-state index contributed by atoms with van der Waals surface area (Å²) in [6.07, 6.45) is 4.28. The number of methoxy groups -OCH3 is 1. The van der Waals surface area contributed by atoms with Gasteiger partial charge in [0, 0.05) is 11.6 Å². The summed E-state index contributed by atoms with van der Waals surface area (Å²) in [6, 6.07) is 4.29.